The van der Waals surface area contributed by atoms with Crippen molar-refractivity contribution in [2.45, 2.75) is 13.1 Å². The molecular weight excluding hydrogens is 396 g/mol. The summed E-state index contributed by atoms with van der Waals surface area (Å²) in [4.78, 5) is 2.39. The van der Waals surface area contributed by atoms with E-state index in [0.717, 1.165) is 24.4 Å². The normalized spacial score (nSPS) is 11.1. The highest BCUT2D eigenvalue weighted by molar-refractivity contribution is 8.68. The van der Waals surface area contributed by atoms with Gasteiger partial charge < -0.3 is 10.0 Å². The minimum atomic E-state index is 0.153. The monoisotopic (exact) mass is 423 g/mol. The molecule has 3 nitrogen and oxygen atoms in total. The Morgan fingerprint density at radius 2 is 1.55 bits per heavy atom. The van der Waals surface area contributed by atoms with Crippen LogP contribution in [-0.2, 0) is 13.1 Å². The average Bonchev–Trinajstić information content (AvgIpc) is 2.77. The van der Waals surface area contributed by atoms with E-state index in [1.165, 1.54) is 16.8 Å². The summed E-state index contributed by atoms with van der Waals surface area (Å²) < 4.78 is 1.97. The Morgan fingerprint density at radius 1 is 0.897 bits per heavy atom. The predicted octanol–water partition coefficient (Wildman–Crippen LogP) is 4.72. The van der Waals surface area contributed by atoms with Crippen LogP contribution in [0.1, 0.15) is 16.7 Å². The maximum Gasteiger partial charge on any atom is 0.171 e. The summed E-state index contributed by atoms with van der Waals surface area (Å²) in [6.45, 7) is 2.62. The van der Waals surface area contributed by atoms with Crippen LogP contribution >= 0.6 is 22.5 Å². The third kappa shape index (κ3) is 6.96. The lowest BCUT2D eigenvalue weighted by Crippen LogP contribution is -2.34. The lowest BCUT2D eigenvalue weighted by molar-refractivity contribution is -0.698. The SMILES string of the molecule is OCC[n+]1ccc(/C=C/c2ccc(N(CCSS)Cc3ccccc3)cc2)cc1. The van der Waals surface area contributed by atoms with Crippen LogP contribution in [0.25, 0.3) is 12.2 Å². The summed E-state index contributed by atoms with van der Waals surface area (Å²) >= 11 is 4.30. The molecule has 1 N–H and O–H groups in total. The number of nitrogens with zero attached hydrogens (tertiary/aromatic N) is 2. The molecule has 150 valence electrons. The van der Waals surface area contributed by atoms with Crippen molar-refractivity contribution in [2.75, 3.05) is 23.8 Å². The maximum absolute atomic E-state index is 8.99. The number of hydrogen-bond donors (Lipinski definition) is 2. The van der Waals surface area contributed by atoms with Crippen molar-refractivity contribution in [2.24, 2.45) is 0 Å². The van der Waals surface area contributed by atoms with Crippen LogP contribution in [0.2, 0.25) is 0 Å². The molecule has 2 aromatic carbocycles. The fraction of sp³-hybridized carbons (Fsp3) is 0.208. The first-order valence-electron chi connectivity index (χ1n) is 9.72. The van der Waals surface area contributed by atoms with Gasteiger partial charge in [-0.2, -0.15) is 0 Å². The largest absolute Gasteiger partial charge is 0.390 e. The molecule has 0 saturated carbocycles. The molecule has 0 radical (unpaired) electrons. The van der Waals surface area contributed by atoms with Gasteiger partial charge in [-0.3, -0.25) is 0 Å². The standard InChI is InChI=1S/C24H26N2OS2/c27-18-16-25-14-12-22(13-15-25)7-6-21-8-10-24(11-9-21)26(17-19-29-28)20-23-4-2-1-3-5-23/h1-15,27H,16-20H2/p+1. The van der Waals surface area contributed by atoms with Gasteiger partial charge in [0, 0.05) is 36.7 Å². The van der Waals surface area contributed by atoms with Gasteiger partial charge in [0.25, 0.3) is 0 Å². The van der Waals surface area contributed by atoms with E-state index in [-0.39, 0.29) is 6.61 Å². The highest BCUT2D eigenvalue weighted by Crippen LogP contribution is 2.20. The van der Waals surface area contributed by atoms with Crippen molar-refractivity contribution in [1.82, 2.24) is 0 Å². The van der Waals surface area contributed by atoms with Gasteiger partial charge in [0.05, 0.1) is 0 Å². The van der Waals surface area contributed by atoms with Crippen LogP contribution in [0.3, 0.4) is 0 Å². The number of benzene rings is 2. The third-order valence-electron chi connectivity index (χ3n) is 4.67. The summed E-state index contributed by atoms with van der Waals surface area (Å²) in [7, 11) is 1.57. The van der Waals surface area contributed by atoms with E-state index in [4.69, 9.17) is 5.11 Å². The molecule has 0 amide bonds. The third-order valence-corrected chi connectivity index (χ3v) is 5.58. The molecule has 0 unspecified atom stereocenters. The molecule has 5 heteroatoms. The molecule has 29 heavy (non-hydrogen) atoms. The van der Waals surface area contributed by atoms with E-state index in [1.807, 2.05) is 17.0 Å². The van der Waals surface area contributed by atoms with Crippen LogP contribution < -0.4 is 9.47 Å². The number of anilines is 1. The van der Waals surface area contributed by atoms with Gasteiger partial charge in [0.1, 0.15) is 6.61 Å². The quantitative estimate of drug-likeness (QED) is 0.281. The van der Waals surface area contributed by atoms with Gasteiger partial charge in [-0.1, -0.05) is 65.4 Å². The Labute approximate surface area is 182 Å². The first kappa shape index (κ1) is 21.5. The van der Waals surface area contributed by atoms with E-state index >= 15 is 0 Å². The second-order valence-corrected chi connectivity index (χ2v) is 8.20. The smallest absolute Gasteiger partial charge is 0.171 e. The Kier molecular flexibility index (Phi) is 8.68. The molecule has 0 aliphatic heterocycles. The molecule has 1 heterocycles. The van der Waals surface area contributed by atoms with E-state index in [9.17, 15) is 0 Å². The first-order valence-corrected chi connectivity index (χ1v) is 11.8. The number of thiol groups is 1. The van der Waals surface area contributed by atoms with Gasteiger partial charge in [-0.05, 0) is 28.8 Å². The number of rotatable bonds is 10. The number of aliphatic hydroxyl groups is 1. The van der Waals surface area contributed by atoms with Crippen LogP contribution in [0.4, 0.5) is 5.69 Å². The molecule has 0 aliphatic rings. The summed E-state index contributed by atoms with van der Waals surface area (Å²) in [6, 6.07) is 23.4. The summed E-state index contributed by atoms with van der Waals surface area (Å²) in [5, 5.41) is 8.99. The Hall–Kier alpha value is -2.21. The molecule has 3 aromatic rings. The van der Waals surface area contributed by atoms with Gasteiger partial charge in [0.2, 0.25) is 0 Å². The van der Waals surface area contributed by atoms with Crippen molar-refractivity contribution in [3.63, 3.8) is 0 Å². The van der Waals surface area contributed by atoms with Crippen molar-refractivity contribution in [3.05, 3.63) is 95.8 Å². The lowest BCUT2D eigenvalue weighted by Gasteiger charge is -2.25. The average molecular weight is 424 g/mol. The highest BCUT2D eigenvalue weighted by atomic mass is 33.1. The molecule has 0 atom stereocenters. The van der Waals surface area contributed by atoms with Crippen LogP contribution in [0.5, 0.6) is 0 Å². The predicted molar refractivity (Wildman–Crippen MR) is 128 cm³/mol. The second kappa shape index (κ2) is 11.7. The second-order valence-electron chi connectivity index (χ2n) is 6.76. The number of aromatic nitrogens is 1. The highest BCUT2D eigenvalue weighted by Gasteiger charge is 2.07. The summed E-state index contributed by atoms with van der Waals surface area (Å²) in [5.41, 5.74) is 4.84. The molecule has 3 rings (SSSR count). The number of hydrogen-bond acceptors (Lipinski definition) is 4. The van der Waals surface area contributed by atoms with E-state index in [1.54, 1.807) is 10.8 Å². The van der Waals surface area contributed by atoms with E-state index in [2.05, 4.69) is 95.4 Å². The fourth-order valence-electron chi connectivity index (χ4n) is 3.09. The van der Waals surface area contributed by atoms with Crippen molar-refractivity contribution >= 4 is 40.3 Å². The molecule has 0 saturated heterocycles. The van der Waals surface area contributed by atoms with Crippen molar-refractivity contribution in [3.8, 4) is 0 Å². The zero-order valence-corrected chi connectivity index (χ0v) is 18.1. The molecule has 0 bridgehead atoms. The van der Waals surface area contributed by atoms with Gasteiger partial charge >= 0.3 is 0 Å². The Morgan fingerprint density at radius 3 is 2.17 bits per heavy atom. The molecule has 1 aromatic heterocycles. The minimum Gasteiger partial charge on any atom is -0.390 e. The fourth-order valence-corrected chi connectivity index (χ4v) is 3.63. The number of pyridine rings is 1. The van der Waals surface area contributed by atoms with Crippen molar-refractivity contribution in [1.29, 1.82) is 0 Å². The molecule has 0 spiro atoms. The Balaban J connectivity index is 1.67. The molecular formula is C24H27N2OS2+. The Bertz CT molecular complexity index is 881. The molecule has 0 aliphatic carbocycles. The summed E-state index contributed by atoms with van der Waals surface area (Å²) in [6.07, 6.45) is 8.21. The van der Waals surface area contributed by atoms with Crippen LogP contribution in [0, 0.1) is 0 Å². The van der Waals surface area contributed by atoms with E-state index < -0.39 is 0 Å². The van der Waals surface area contributed by atoms with Crippen LogP contribution in [0.15, 0.2) is 79.1 Å². The van der Waals surface area contributed by atoms with Gasteiger partial charge in [-0.25, -0.2) is 4.57 Å². The van der Waals surface area contributed by atoms with Gasteiger partial charge in [0.15, 0.2) is 18.9 Å². The summed E-state index contributed by atoms with van der Waals surface area (Å²) in [5.74, 6) is 0.974. The van der Waals surface area contributed by atoms with Gasteiger partial charge in [-0.15, -0.1) is 11.7 Å². The molecule has 0 fully saturated rings. The first-order chi connectivity index (χ1) is 14.3. The minimum absolute atomic E-state index is 0.153. The lowest BCUT2D eigenvalue weighted by atomic mass is 10.1. The van der Waals surface area contributed by atoms with Crippen LogP contribution in [-0.4, -0.2) is 24.0 Å². The van der Waals surface area contributed by atoms with E-state index in [0.29, 0.717) is 6.54 Å². The zero-order valence-electron chi connectivity index (χ0n) is 16.4. The van der Waals surface area contributed by atoms with Crippen molar-refractivity contribution < 1.29 is 9.67 Å². The number of aliphatic hydroxyl groups excluding tert-OH is 1. The zero-order chi connectivity index (χ0) is 20.3. The maximum atomic E-state index is 8.99. The topological polar surface area (TPSA) is 27.4 Å².